The van der Waals surface area contributed by atoms with E-state index in [1.807, 2.05) is 35.2 Å². The smallest absolute Gasteiger partial charge is 0.227 e. The lowest BCUT2D eigenvalue weighted by molar-refractivity contribution is -0.136. The molecule has 0 unspecified atom stereocenters. The van der Waals surface area contributed by atoms with Crippen LogP contribution in [0.15, 0.2) is 36.5 Å². The average Bonchev–Trinajstić information content (AvgIpc) is 3.14. The Kier molecular flexibility index (Phi) is 7.70. The van der Waals surface area contributed by atoms with E-state index in [9.17, 15) is 4.79 Å². The van der Waals surface area contributed by atoms with Gasteiger partial charge in [-0.2, -0.15) is 0 Å². The van der Waals surface area contributed by atoms with Gasteiger partial charge in [-0.3, -0.25) is 9.69 Å². The maximum Gasteiger partial charge on any atom is 0.227 e. The molecule has 1 saturated heterocycles. The minimum atomic E-state index is 0.00632. The Balaban J connectivity index is 1.42. The Bertz CT molecular complexity index is 949. The molecule has 1 aromatic heterocycles. The molecule has 4 rings (SSSR count). The SMILES string of the molecule is COc1ncccc1CN1CC[C@@H](C(=O)N(Cc2ccc3c(c2)OCCCO3)CC(C)C)C1. The number of benzene rings is 1. The first-order valence-corrected chi connectivity index (χ1v) is 11.9. The predicted molar refractivity (Wildman–Crippen MR) is 126 cm³/mol. The van der Waals surface area contributed by atoms with Gasteiger partial charge >= 0.3 is 0 Å². The monoisotopic (exact) mass is 453 g/mol. The Morgan fingerprint density at radius 3 is 2.85 bits per heavy atom. The van der Waals surface area contributed by atoms with Gasteiger partial charge in [0.15, 0.2) is 11.5 Å². The number of likely N-dealkylation sites (tertiary alicyclic amines) is 1. The fourth-order valence-electron chi connectivity index (χ4n) is 4.60. The third-order valence-corrected chi connectivity index (χ3v) is 6.14. The largest absolute Gasteiger partial charge is 0.490 e. The van der Waals surface area contributed by atoms with E-state index < -0.39 is 0 Å². The van der Waals surface area contributed by atoms with E-state index in [2.05, 4.69) is 23.7 Å². The van der Waals surface area contributed by atoms with E-state index in [1.54, 1.807) is 13.3 Å². The topological polar surface area (TPSA) is 64.1 Å². The molecule has 1 aromatic carbocycles. The highest BCUT2D eigenvalue weighted by molar-refractivity contribution is 5.79. The van der Waals surface area contributed by atoms with Crippen molar-refractivity contribution in [2.75, 3.05) is 40.0 Å². The second-order valence-corrected chi connectivity index (χ2v) is 9.34. The fraction of sp³-hybridized carbons (Fsp3) is 0.538. The van der Waals surface area contributed by atoms with Crippen molar-refractivity contribution in [1.82, 2.24) is 14.8 Å². The van der Waals surface area contributed by atoms with Crippen molar-refractivity contribution >= 4 is 5.91 Å². The van der Waals surface area contributed by atoms with Crippen LogP contribution < -0.4 is 14.2 Å². The number of hydrogen-bond acceptors (Lipinski definition) is 6. The second-order valence-electron chi connectivity index (χ2n) is 9.34. The summed E-state index contributed by atoms with van der Waals surface area (Å²) in [5, 5.41) is 0. The summed E-state index contributed by atoms with van der Waals surface area (Å²) in [5.74, 6) is 2.85. The van der Waals surface area contributed by atoms with Crippen molar-refractivity contribution in [1.29, 1.82) is 0 Å². The number of fused-ring (bicyclic) bond motifs is 1. The number of aromatic nitrogens is 1. The normalized spacial score (nSPS) is 18.2. The number of carbonyl (C=O) groups is 1. The molecule has 0 saturated carbocycles. The van der Waals surface area contributed by atoms with Crippen LogP contribution in [0.25, 0.3) is 0 Å². The molecule has 2 aliphatic heterocycles. The quantitative estimate of drug-likeness (QED) is 0.607. The summed E-state index contributed by atoms with van der Waals surface area (Å²) >= 11 is 0. The molecular weight excluding hydrogens is 418 g/mol. The predicted octanol–water partition coefficient (Wildman–Crippen LogP) is 3.76. The van der Waals surface area contributed by atoms with Gasteiger partial charge in [0.1, 0.15) is 0 Å². The van der Waals surface area contributed by atoms with Gasteiger partial charge in [0.25, 0.3) is 0 Å². The maximum absolute atomic E-state index is 13.6. The number of rotatable bonds is 8. The molecular formula is C26H35N3O4. The summed E-state index contributed by atoms with van der Waals surface area (Å²) < 4.78 is 17.0. The van der Waals surface area contributed by atoms with Crippen molar-refractivity contribution in [2.45, 2.75) is 39.8 Å². The van der Waals surface area contributed by atoms with Crippen LogP contribution in [0.4, 0.5) is 0 Å². The average molecular weight is 454 g/mol. The third-order valence-electron chi connectivity index (χ3n) is 6.14. The number of ether oxygens (including phenoxy) is 3. The molecule has 2 aromatic rings. The molecule has 1 atom stereocenters. The molecule has 0 spiro atoms. The molecule has 3 heterocycles. The number of pyridine rings is 1. The highest BCUT2D eigenvalue weighted by Crippen LogP contribution is 2.31. The molecule has 1 amide bonds. The van der Waals surface area contributed by atoms with E-state index in [1.165, 1.54) is 0 Å². The first-order valence-electron chi connectivity index (χ1n) is 11.9. The van der Waals surface area contributed by atoms with Crippen LogP contribution in [-0.2, 0) is 17.9 Å². The Morgan fingerprint density at radius 1 is 1.24 bits per heavy atom. The van der Waals surface area contributed by atoms with E-state index in [0.29, 0.717) is 31.6 Å². The highest BCUT2D eigenvalue weighted by atomic mass is 16.5. The van der Waals surface area contributed by atoms with E-state index in [-0.39, 0.29) is 11.8 Å². The maximum atomic E-state index is 13.6. The van der Waals surface area contributed by atoms with Gasteiger partial charge in [-0.1, -0.05) is 26.0 Å². The Morgan fingerprint density at radius 2 is 2.06 bits per heavy atom. The zero-order chi connectivity index (χ0) is 23.2. The van der Waals surface area contributed by atoms with Crippen molar-refractivity contribution in [3.63, 3.8) is 0 Å². The lowest BCUT2D eigenvalue weighted by Gasteiger charge is -2.28. The van der Waals surface area contributed by atoms with Crippen LogP contribution in [0.3, 0.4) is 0 Å². The molecule has 7 nitrogen and oxygen atoms in total. The van der Waals surface area contributed by atoms with E-state index >= 15 is 0 Å². The lowest BCUT2D eigenvalue weighted by Crippen LogP contribution is -2.39. The molecule has 0 bridgehead atoms. The third kappa shape index (κ3) is 5.96. The number of methoxy groups -OCH3 is 1. The highest BCUT2D eigenvalue weighted by Gasteiger charge is 2.32. The van der Waals surface area contributed by atoms with Gasteiger partial charge in [-0.15, -0.1) is 0 Å². The summed E-state index contributed by atoms with van der Waals surface area (Å²) in [6, 6.07) is 10.00. The molecule has 178 valence electrons. The molecule has 2 aliphatic rings. The standard InChI is InChI=1S/C26H35N3O4/c1-19(2)15-29(16-20-7-8-23-24(14-20)33-13-5-12-32-23)26(30)22-9-11-28(18-22)17-21-6-4-10-27-25(21)31-3/h4,6-8,10,14,19,22H,5,9,11-13,15-18H2,1-3H3/t22-/m1/s1. The second kappa shape index (κ2) is 10.9. The number of amides is 1. The first kappa shape index (κ1) is 23.4. The van der Waals surface area contributed by atoms with Crippen LogP contribution >= 0.6 is 0 Å². The fourth-order valence-corrected chi connectivity index (χ4v) is 4.60. The summed E-state index contributed by atoms with van der Waals surface area (Å²) in [7, 11) is 1.64. The zero-order valence-electron chi connectivity index (χ0n) is 20.0. The van der Waals surface area contributed by atoms with Gasteiger partial charge < -0.3 is 19.1 Å². The van der Waals surface area contributed by atoms with Crippen LogP contribution in [-0.4, -0.2) is 60.6 Å². The van der Waals surface area contributed by atoms with Crippen molar-refractivity contribution < 1.29 is 19.0 Å². The van der Waals surface area contributed by atoms with Crippen molar-refractivity contribution in [3.05, 3.63) is 47.7 Å². The van der Waals surface area contributed by atoms with E-state index in [4.69, 9.17) is 14.2 Å². The molecule has 0 aliphatic carbocycles. The van der Waals surface area contributed by atoms with Crippen LogP contribution in [0.5, 0.6) is 17.4 Å². The zero-order valence-corrected chi connectivity index (χ0v) is 20.0. The van der Waals surface area contributed by atoms with E-state index in [0.717, 1.165) is 61.6 Å². The minimum absolute atomic E-state index is 0.00632. The van der Waals surface area contributed by atoms with Crippen molar-refractivity contribution in [2.24, 2.45) is 11.8 Å². The summed E-state index contributed by atoms with van der Waals surface area (Å²) in [6.45, 7) is 9.36. The Hall–Kier alpha value is -2.80. The van der Waals surface area contributed by atoms with Crippen LogP contribution in [0.1, 0.15) is 37.8 Å². The van der Waals surface area contributed by atoms with Gasteiger partial charge in [0, 0.05) is 44.4 Å². The first-order chi connectivity index (χ1) is 16.0. The molecule has 33 heavy (non-hydrogen) atoms. The molecule has 7 heteroatoms. The Labute approximate surface area is 196 Å². The summed E-state index contributed by atoms with van der Waals surface area (Å²) in [5.41, 5.74) is 2.13. The number of nitrogens with zero attached hydrogens (tertiary/aromatic N) is 3. The van der Waals surface area contributed by atoms with Gasteiger partial charge in [0.2, 0.25) is 11.8 Å². The molecule has 0 N–H and O–H groups in total. The summed E-state index contributed by atoms with van der Waals surface area (Å²) in [6.07, 6.45) is 3.49. The minimum Gasteiger partial charge on any atom is -0.490 e. The number of carbonyl (C=O) groups excluding carboxylic acids is 1. The van der Waals surface area contributed by atoms with Crippen molar-refractivity contribution in [3.8, 4) is 17.4 Å². The lowest BCUT2D eigenvalue weighted by atomic mass is 10.0. The molecule has 1 fully saturated rings. The summed E-state index contributed by atoms with van der Waals surface area (Å²) in [4.78, 5) is 22.2. The van der Waals surface area contributed by atoms with Gasteiger partial charge in [-0.05, 0) is 42.6 Å². The molecule has 0 radical (unpaired) electrons. The number of hydrogen-bond donors (Lipinski definition) is 0. The van der Waals surface area contributed by atoms with Crippen LogP contribution in [0, 0.1) is 11.8 Å². The van der Waals surface area contributed by atoms with Crippen LogP contribution in [0.2, 0.25) is 0 Å². The van der Waals surface area contributed by atoms with Gasteiger partial charge in [0.05, 0.1) is 26.2 Å². The van der Waals surface area contributed by atoms with Gasteiger partial charge in [-0.25, -0.2) is 4.98 Å².